The quantitative estimate of drug-likeness (QED) is 0.721. The number of fused-ring (bicyclic) bond motifs is 1. The number of sulfonamides is 1. The van der Waals surface area contributed by atoms with Gasteiger partial charge in [0.15, 0.2) is 0 Å². The van der Waals surface area contributed by atoms with Gasteiger partial charge in [0.05, 0.1) is 11.6 Å². The average molecular weight is 354 g/mol. The Morgan fingerprint density at radius 2 is 1.79 bits per heavy atom. The SMILES string of the molecule is CC(C(N)=O)N1CCN(C)CC1.O=C1NS(=O)(=O)c2ccccc21. The van der Waals surface area contributed by atoms with Gasteiger partial charge in [-0.3, -0.25) is 14.5 Å². The summed E-state index contributed by atoms with van der Waals surface area (Å²) in [5.41, 5.74) is 5.43. The van der Waals surface area contributed by atoms with Gasteiger partial charge in [-0.05, 0) is 26.1 Å². The highest BCUT2D eigenvalue weighted by Gasteiger charge is 2.31. The van der Waals surface area contributed by atoms with Gasteiger partial charge in [-0.15, -0.1) is 0 Å². The number of nitrogens with one attached hydrogen (secondary N) is 1. The third-order valence-electron chi connectivity index (χ3n) is 4.15. The molecule has 1 fully saturated rings. The molecular weight excluding hydrogens is 332 g/mol. The molecule has 0 saturated carbocycles. The maximum absolute atomic E-state index is 11.1. The van der Waals surface area contributed by atoms with Crippen molar-refractivity contribution >= 4 is 21.8 Å². The van der Waals surface area contributed by atoms with Crippen LogP contribution >= 0.6 is 0 Å². The fourth-order valence-corrected chi connectivity index (χ4v) is 3.68. The van der Waals surface area contributed by atoms with E-state index in [4.69, 9.17) is 5.73 Å². The van der Waals surface area contributed by atoms with Crippen molar-refractivity contribution in [1.82, 2.24) is 14.5 Å². The lowest BCUT2D eigenvalue weighted by Crippen LogP contribution is -2.52. The largest absolute Gasteiger partial charge is 0.368 e. The second-order valence-electron chi connectivity index (χ2n) is 5.85. The average Bonchev–Trinajstić information content (AvgIpc) is 2.78. The van der Waals surface area contributed by atoms with Crippen LogP contribution in [0.3, 0.4) is 0 Å². The number of amides is 2. The molecule has 8 nitrogen and oxygen atoms in total. The molecule has 0 spiro atoms. The number of carbonyl (C=O) groups excluding carboxylic acids is 2. The number of hydrogen-bond acceptors (Lipinski definition) is 6. The molecule has 0 aliphatic carbocycles. The first-order valence-corrected chi connectivity index (χ1v) is 9.09. The highest BCUT2D eigenvalue weighted by atomic mass is 32.2. The third kappa shape index (κ3) is 4.11. The minimum atomic E-state index is -3.55. The van der Waals surface area contributed by atoms with Crippen LogP contribution in [0.15, 0.2) is 29.2 Å². The van der Waals surface area contributed by atoms with E-state index in [1.165, 1.54) is 12.1 Å². The lowest BCUT2D eigenvalue weighted by atomic mass is 10.2. The zero-order valence-electron chi connectivity index (χ0n) is 13.7. The zero-order valence-corrected chi connectivity index (χ0v) is 14.5. The minimum Gasteiger partial charge on any atom is -0.368 e. The van der Waals surface area contributed by atoms with Crippen LogP contribution in [-0.4, -0.2) is 69.3 Å². The van der Waals surface area contributed by atoms with Crippen molar-refractivity contribution in [1.29, 1.82) is 0 Å². The summed E-state index contributed by atoms with van der Waals surface area (Å²) in [4.78, 5) is 26.3. The number of carbonyl (C=O) groups is 2. The van der Waals surface area contributed by atoms with E-state index in [9.17, 15) is 18.0 Å². The van der Waals surface area contributed by atoms with E-state index in [-0.39, 0.29) is 22.4 Å². The monoisotopic (exact) mass is 354 g/mol. The molecule has 132 valence electrons. The van der Waals surface area contributed by atoms with Crippen LogP contribution in [0.5, 0.6) is 0 Å². The first-order valence-electron chi connectivity index (χ1n) is 7.60. The highest BCUT2D eigenvalue weighted by Crippen LogP contribution is 2.20. The lowest BCUT2D eigenvalue weighted by molar-refractivity contribution is -0.123. The minimum absolute atomic E-state index is 0.0648. The summed E-state index contributed by atoms with van der Waals surface area (Å²) in [5.74, 6) is -0.773. The Hall–Kier alpha value is -1.97. The van der Waals surface area contributed by atoms with Crippen LogP contribution in [0, 0.1) is 0 Å². The van der Waals surface area contributed by atoms with Crippen LogP contribution in [0.4, 0.5) is 0 Å². The maximum Gasteiger partial charge on any atom is 0.266 e. The Kier molecular flexibility index (Phi) is 5.58. The van der Waals surface area contributed by atoms with Crippen molar-refractivity contribution in [3.05, 3.63) is 29.8 Å². The Morgan fingerprint density at radius 1 is 1.21 bits per heavy atom. The molecule has 0 bridgehead atoms. The third-order valence-corrected chi connectivity index (χ3v) is 5.53. The molecule has 1 aromatic rings. The number of nitrogens with two attached hydrogens (primary N) is 1. The van der Waals surface area contributed by atoms with E-state index in [2.05, 4.69) is 16.8 Å². The van der Waals surface area contributed by atoms with E-state index in [1.807, 2.05) is 11.6 Å². The summed E-state index contributed by atoms with van der Waals surface area (Å²) in [6.45, 7) is 5.81. The number of nitrogens with zero attached hydrogens (tertiary/aromatic N) is 2. The second-order valence-corrected chi connectivity index (χ2v) is 7.50. The molecule has 3 N–H and O–H groups in total. The molecule has 1 unspecified atom stereocenters. The normalized spacial score (nSPS) is 21.2. The van der Waals surface area contributed by atoms with Crippen molar-refractivity contribution in [2.75, 3.05) is 33.2 Å². The van der Waals surface area contributed by atoms with Crippen LogP contribution in [0.25, 0.3) is 0 Å². The van der Waals surface area contributed by atoms with Gasteiger partial charge in [0, 0.05) is 26.2 Å². The number of benzene rings is 1. The van der Waals surface area contributed by atoms with Crippen molar-refractivity contribution in [2.45, 2.75) is 17.9 Å². The first kappa shape index (κ1) is 18.4. The van der Waals surface area contributed by atoms with E-state index in [1.54, 1.807) is 12.1 Å². The van der Waals surface area contributed by atoms with E-state index in [0.29, 0.717) is 0 Å². The molecular formula is C15H22N4O4S. The van der Waals surface area contributed by atoms with Gasteiger partial charge in [-0.1, -0.05) is 12.1 Å². The van der Waals surface area contributed by atoms with Crippen LogP contribution in [0.2, 0.25) is 0 Å². The fourth-order valence-electron chi connectivity index (χ4n) is 2.51. The summed E-state index contributed by atoms with van der Waals surface area (Å²) in [5, 5.41) is 0. The van der Waals surface area contributed by atoms with Gasteiger partial charge < -0.3 is 10.6 Å². The number of primary amides is 1. The first-order chi connectivity index (χ1) is 11.2. The lowest BCUT2D eigenvalue weighted by Gasteiger charge is -2.34. The van der Waals surface area contributed by atoms with Crippen LogP contribution < -0.4 is 10.5 Å². The molecule has 2 heterocycles. The molecule has 1 saturated heterocycles. The van der Waals surface area contributed by atoms with Gasteiger partial charge in [-0.2, -0.15) is 0 Å². The van der Waals surface area contributed by atoms with Gasteiger partial charge in [0.2, 0.25) is 5.91 Å². The van der Waals surface area contributed by atoms with E-state index >= 15 is 0 Å². The number of likely N-dealkylation sites (N-methyl/N-ethyl adjacent to an activating group) is 1. The smallest absolute Gasteiger partial charge is 0.266 e. The van der Waals surface area contributed by atoms with Gasteiger partial charge in [-0.25, -0.2) is 13.1 Å². The Morgan fingerprint density at radius 3 is 2.33 bits per heavy atom. The summed E-state index contributed by atoms with van der Waals surface area (Å²) >= 11 is 0. The summed E-state index contributed by atoms with van der Waals surface area (Å²) in [6, 6.07) is 5.98. The Bertz CT molecular complexity index is 727. The highest BCUT2D eigenvalue weighted by molar-refractivity contribution is 7.90. The number of hydrogen-bond donors (Lipinski definition) is 2. The number of rotatable bonds is 2. The molecule has 1 aromatic carbocycles. The molecule has 0 aromatic heterocycles. The summed E-state index contributed by atoms with van der Waals surface area (Å²) in [6.07, 6.45) is 0. The molecule has 0 radical (unpaired) electrons. The molecule has 2 aliphatic rings. The van der Waals surface area contributed by atoms with Crippen molar-refractivity contribution in [3.8, 4) is 0 Å². The van der Waals surface area contributed by atoms with Gasteiger partial charge >= 0.3 is 0 Å². The fraction of sp³-hybridized carbons (Fsp3) is 0.467. The summed E-state index contributed by atoms with van der Waals surface area (Å²) in [7, 11) is -1.46. The predicted octanol–water partition coefficient (Wildman–Crippen LogP) is -0.774. The van der Waals surface area contributed by atoms with Crippen molar-refractivity contribution in [3.63, 3.8) is 0 Å². The van der Waals surface area contributed by atoms with E-state index in [0.717, 1.165) is 26.2 Å². The van der Waals surface area contributed by atoms with Gasteiger partial charge in [0.1, 0.15) is 4.90 Å². The Balaban J connectivity index is 0.000000174. The predicted molar refractivity (Wildman–Crippen MR) is 88.8 cm³/mol. The zero-order chi connectivity index (χ0) is 17.9. The number of piperazine rings is 1. The summed E-state index contributed by atoms with van der Waals surface area (Å²) < 4.78 is 24.2. The van der Waals surface area contributed by atoms with Crippen LogP contribution in [-0.2, 0) is 14.8 Å². The standard InChI is InChI=1S/C8H17N3O.C7H5NO3S/c1-7(8(9)12)11-5-3-10(2)4-6-11;9-7-5-3-1-2-4-6(5)12(10,11)8-7/h7H,3-6H2,1-2H3,(H2,9,12);1-4H,(H,8,9). The molecule has 1 atom stereocenters. The molecule has 9 heteroatoms. The molecule has 3 rings (SSSR count). The van der Waals surface area contributed by atoms with Crippen molar-refractivity contribution < 1.29 is 18.0 Å². The van der Waals surface area contributed by atoms with Crippen LogP contribution in [0.1, 0.15) is 17.3 Å². The Labute approximate surface area is 141 Å². The van der Waals surface area contributed by atoms with Crippen molar-refractivity contribution in [2.24, 2.45) is 5.73 Å². The second kappa shape index (κ2) is 7.29. The molecule has 2 amide bonds. The van der Waals surface area contributed by atoms with Gasteiger partial charge in [0.25, 0.3) is 15.9 Å². The molecule has 24 heavy (non-hydrogen) atoms. The van der Waals surface area contributed by atoms with E-state index < -0.39 is 15.9 Å². The molecule has 2 aliphatic heterocycles. The topological polar surface area (TPSA) is 113 Å². The maximum atomic E-state index is 11.1.